The third-order valence-electron chi connectivity index (χ3n) is 4.27. The zero-order chi connectivity index (χ0) is 20.3. The van der Waals surface area contributed by atoms with E-state index in [0.29, 0.717) is 21.4 Å². The Hall–Kier alpha value is -2.02. The molecule has 3 aromatic rings. The van der Waals surface area contributed by atoms with Crippen LogP contribution in [0.2, 0.25) is 10.0 Å². The van der Waals surface area contributed by atoms with Crippen molar-refractivity contribution < 1.29 is 4.79 Å². The van der Waals surface area contributed by atoms with E-state index in [4.69, 9.17) is 23.2 Å². The van der Waals surface area contributed by atoms with Crippen molar-refractivity contribution in [1.82, 2.24) is 20.1 Å². The Bertz CT molecular complexity index is 988. The second-order valence-corrected chi connectivity index (χ2v) is 8.28. The molecule has 0 bridgehead atoms. The number of thioether (sulfide) groups is 1. The second kappa shape index (κ2) is 8.99. The van der Waals surface area contributed by atoms with Crippen molar-refractivity contribution >= 4 is 40.9 Å². The van der Waals surface area contributed by atoms with Crippen LogP contribution in [0.15, 0.2) is 47.6 Å². The molecule has 0 aliphatic carbocycles. The SMILES string of the molecule is Cc1ccc(CSc2nnc(C(C)NC(=O)c3ccc(Cl)cc3Cl)n2C)cc1. The number of carbonyl (C=O) groups excluding carboxylic acids is 1. The first-order valence-electron chi connectivity index (χ1n) is 8.68. The topological polar surface area (TPSA) is 59.8 Å². The summed E-state index contributed by atoms with van der Waals surface area (Å²) in [7, 11) is 1.89. The number of hydrogen-bond acceptors (Lipinski definition) is 4. The molecule has 8 heteroatoms. The van der Waals surface area contributed by atoms with E-state index in [1.807, 2.05) is 18.5 Å². The average molecular weight is 435 g/mol. The zero-order valence-corrected chi connectivity index (χ0v) is 18.1. The van der Waals surface area contributed by atoms with Gasteiger partial charge < -0.3 is 9.88 Å². The molecule has 0 aliphatic heterocycles. The van der Waals surface area contributed by atoms with E-state index in [1.54, 1.807) is 30.0 Å². The van der Waals surface area contributed by atoms with Gasteiger partial charge in [-0.25, -0.2) is 0 Å². The van der Waals surface area contributed by atoms with Gasteiger partial charge in [0.05, 0.1) is 16.6 Å². The van der Waals surface area contributed by atoms with Crippen LogP contribution in [0.5, 0.6) is 0 Å². The summed E-state index contributed by atoms with van der Waals surface area (Å²) in [6.07, 6.45) is 0. The summed E-state index contributed by atoms with van der Waals surface area (Å²) in [6, 6.07) is 12.9. The van der Waals surface area contributed by atoms with E-state index in [1.165, 1.54) is 11.1 Å². The van der Waals surface area contributed by atoms with Gasteiger partial charge in [-0.2, -0.15) is 0 Å². The number of nitrogens with one attached hydrogen (secondary N) is 1. The van der Waals surface area contributed by atoms with Gasteiger partial charge in [0.15, 0.2) is 11.0 Å². The second-order valence-electron chi connectivity index (χ2n) is 6.49. The number of nitrogens with zero attached hydrogens (tertiary/aromatic N) is 3. The number of hydrogen-bond donors (Lipinski definition) is 1. The van der Waals surface area contributed by atoms with Crippen LogP contribution in [0.1, 0.15) is 40.3 Å². The van der Waals surface area contributed by atoms with Crippen LogP contribution in [-0.2, 0) is 12.8 Å². The molecule has 1 atom stereocenters. The van der Waals surface area contributed by atoms with Gasteiger partial charge in [-0.05, 0) is 37.6 Å². The van der Waals surface area contributed by atoms with E-state index in [0.717, 1.165) is 10.9 Å². The highest BCUT2D eigenvalue weighted by Gasteiger charge is 2.19. The lowest BCUT2D eigenvalue weighted by Gasteiger charge is -2.14. The normalized spacial score (nSPS) is 12.0. The zero-order valence-electron chi connectivity index (χ0n) is 15.7. The molecule has 1 heterocycles. The molecule has 146 valence electrons. The molecule has 0 fully saturated rings. The first-order valence-corrected chi connectivity index (χ1v) is 10.4. The van der Waals surface area contributed by atoms with Gasteiger partial charge in [-0.3, -0.25) is 4.79 Å². The molecule has 0 saturated carbocycles. The van der Waals surface area contributed by atoms with Crippen LogP contribution in [0.3, 0.4) is 0 Å². The molecule has 5 nitrogen and oxygen atoms in total. The van der Waals surface area contributed by atoms with Gasteiger partial charge in [0.2, 0.25) is 0 Å². The highest BCUT2D eigenvalue weighted by molar-refractivity contribution is 7.98. The van der Waals surface area contributed by atoms with Crippen LogP contribution >= 0.6 is 35.0 Å². The maximum absolute atomic E-state index is 12.5. The minimum Gasteiger partial charge on any atom is -0.342 e. The van der Waals surface area contributed by atoms with Gasteiger partial charge in [-0.15, -0.1) is 10.2 Å². The van der Waals surface area contributed by atoms with Crippen LogP contribution < -0.4 is 5.32 Å². The van der Waals surface area contributed by atoms with Crippen molar-refractivity contribution in [3.05, 3.63) is 75.0 Å². The van der Waals surface area contributed by atoms with Crippen molar-refractivity contribution in [2.45, 2.75) is 30.8 Å². The van der Waals surface area contributed by atoms with E-state index >= 15 is 0 Å². The Morgan fingerprint density at radius 3 is 2.57 bits per heavy atom. The minimum absolute atomic E-state index is 0.286. The van der Waals surface area contributed by atoms with Crippen LogP contribution in [0.4, 0.5) is 0 Å². The third kappa shape index (κ3) is 4.87. The van der Waals surface area contributed by atoms with Gasteiger partial charge >= 0.3 is 0 Å². The summed E-state index contributed by atoms with van der Waals surface area (Å²) in [4.78, 5) is 12.5. The summed E-state index contributed by atoms with van der Waals surface area (Å²) in [5, 5.41) is 13.0. The number of carbonyl (C=O) groups is 1. The van der Waals surface area contributed by atoms with Gasteiger partial charge in [0.1, 0.15) is 0 Å². The van der Waals surface area contributed by atoms with E-state index in [2.05, 4.69) is 46.7 Å². The monoisotopic (exact) mass is 434 g/mol. The Balaban J connectivity index is 1.66. The van der Waals surface area contributed by atoms with E-state index in [9.17, 15) is 4.79 Å². The fourth-order valence-corrected chi connectivity index (χ4v) is 4.04. The van der Waals surface area contributed by atoms with Crippen LogP contribution in [0, 0.1) is 6.92 Å². The quantitative estimate of drug-likeness (QED) is 0.540. The predicted octanol–water partition coefficient (Wildman–Crippen LogP) is 5.21. The van der Waals surface area contributed by atoms with Crippen molar-refractivity contribution in [3.63, 3.8) is 0 Å². The Kier molecular flexibility index (Phi) is 6.65. The van der Waals surface area contributed by atoms with Crippen molar-refractivity contribution in [3.8, 4) is 0 Å². The number of halogens is 2. The van der Waals surface area contributed by atoms with Gasteiger partial charge in [0.25, 0.3) is 5.91 Å². The Labute approximate surface area is 178 Å². The molecule has 1 N–H and O–H groups in total. The summed E-state index contributed by atoms with van der Waals surface area (Å²) < 4.78 is 1.90. The number of benzene rings is 2. The molecule has 0 aliphatic rings. The highest BCUT2D eigenvalue weighted by Crippen LogP contribution is 2.24. The average Bonchev–Trinajstić information content (AvgIpc) is 3.01. The van der Waals surface area contributed by atoms with Crippen LogP contribution in [0.25, 0.3) is 0 Å². The van der Waals surface area contributed by atoms with E-state index < -0.39 is 0 Å². The van der Waals surface area contributed by atoms with Crippen LogP contribution in [-0.4, -0.2) is 20.7 Å². The molecular formula is C20H20Cl2N4OS. The summed E-state index contributed by atoms with van der Waals surface area (Å²) >= 11 is 13.6. The minimum atomic E-state index is -0.328. The Morgan fingerprint density at radius 1 is 1.18 bits per heavy atom. The smallest absolute Gasteiger partial charge is 0.253 e. The number of rotatable bonds is 6. The molecule has 0 radical (unpaired) electrons. The summed E-state index contributed by atoms with van der Waals surface area (Å²) in [5.74, 6) is 1.18. The Morgan fingerprint density at radius 2 is 1.89 bits per heavy atom. The lowest BCUT2D eigenvalue weighted by molar-refractivity contribution is 0.0938. The van der Waals surface area contributed by atoms with Crippen molar-refractivity contribution in [2.75, 3.05) is 0 Å². The van der Waals surface area contributed by atoms with Crippen molar-refractivity contribution in [2.24, 2.45) is 7.05 Å². The molecule has 1 unspecified atom stereocenters. The molecule has 2 aromatic carbocycles. The highest BCUT2D eigenvalue weighted by atomic mass is 35.5. The van der Waals surface area contributed by atoms with Gasteiger partial charge in [-0.1, -0.05) is 64.8 Å². The fourth-order valence-electron chi connectivity index (χ4n) is 2.67. The number of aryl methyl sites for hydroxylation is 1. The standard InChI is InChI=1S/C20H20Cl2N4OS/c1-12-4-6-14(7-5-12)11-28-20-25-24-18(26(20)3)13(2)23-19(27)16-9-8-15(21)10-17(16)22/h4-10,13H,11H2,1-3H3,(H,23,27). The first-order chi connectivity index (χ1) is 13.3. The summed E-state index contributed by atoms with van der Waals surface area (Å²) in [5.41, 5.74) is 2.83. The molecule has 28 heavy (non-hydrogen) atoms. The molecule has 0 spiro atoms. The maximum atomic E-state index is 12.5. The fraction of sp³-hybridized carbons (Fsp3) is 0.250. The number of aromatic nitrogens is 3. The third-order valence-corrected chi connectivity index (χ3v) is 5.91. The number of amides is 1. The lowest BCUT2D eigenvalue weighted by Crippen LogP contribution is -2.28. The first kappa shape index (κ1) is 20.7. The lowest BCUT2D eigenvalue weighted by atomic mass is 10.2. The molecular weight excluding hydrogens is 415 g/mol. The molecule has 0 saturated heterocycles. The predicted molar refractivity (Wildman–Crippen MR) is 114 cm³/mol. The largest absolute Gasteiger partial charge is 0.342 e. The maximum Gasteiger partial charge on any atom is 0.253 e. The van der Waals surface area contributed by atoms with E-state index in [-0.39, 0.29) is 11.9 Å². The molecule has 1 aromatic heterocycles. The van der Waals surface area contributed by atoms with Gasteiger partial charge in [0, 0.05) is 17.8 Å². The summed E-state index contributed by atoms with van der Waals surface area (Å²) in [6.45, 7) is 3.93. The molecule has 3 rings (SSSR count). The molecule has 1 amide bonds. The van der Waals surface area contributed by atoms with Crippen molar-refractivity contribution in [1.29, 1.82) is 0 Å².